The minimum absolute atomic E-state index is 0.0353. The molecule has 2 rings (SSSR count). The number of primary sulfonamides is 1. The van der Waals surface area contributed by atoms with Crippen LogP contribution in [-0.2, 0) is 26.5 Å². The van der Waals surface area contributed by atoms with Crippen LogP contribution < -0.4 is 9.86 Å². The average Bonchev–Trinajstić information content (AvgIpc) is 2.56. The summed E-state index contributed by atoms with van der Waals surface area (Å²) in [7, 11) is -7.65. The van der Waals surface area contributed by atoms with Crippen LogP contribution in [0.4, 0.5) is 5.69 Å². The Morgan fingerprint density at radius 1 is 0.840 bits per heavy atom. The number of hydrogen-bond acceptors (Lipinski definition) is 4. The number of rotatable bonds is 8. The first-order chi connectivity index (χ1) is 11.7. The lowest BCUT2D eigenvalue weighted by atomic mass is 10.1. The Bertz CT molecular complexity index is 904. The second kappa shape index (κ2) is 7.99. The van der Waals surface area contributed by atoms with Crippen LogP contribution in [0.25, 0.3) is 0 Å². The summed E-state index contributed by atoms with van der Waals surface area (Å²) in [5, 5.41) is 5.00. The highest BCUT2D eigenvalue weighted by Gasteiger charge is 2.16. The molecule has 25 heavy (non-hydrogen) atoms. The van der Waals surface area contributed by atoms with E-state index in [-0.39, 0.29) is 9.79 Å². The third kappa shape index (κ3) is 5.55. The summed E-state index contributed by atoms with van der Waals surface area (Å²) in [6.07, 6.45) is 4.40. The number of hydrogen-bond donors (Lipinski definition) is 2. The van der Waals surface area contributed by atoms with Gasteiger partial charge in [-0.2, -0.15) is 0 Å². The SMILES string of the molecule is CCCCCc1ccc(NS(=O)(=O)c2ccc(S(N)(=O)=O)cc2)cc1. The summed E-state index contributed by atoms with van der Waals surface area (Å²) in [5.74, 6) is 0. The molecule has 2 aromatic rings. The zero-order valence-electron chi connectivity index (χ0n) is 14.0. The summed E-state index contributed by atoms with van der Waals surface area (Å²) in [4.78, 5) is -0.171. The molecule has 136 valence electrons. The van der Waals surface area contributed by atoms with Crippen LogP contribution in [0, 0.1) is 0 Å². The molecule has 0 saturated heterocycles. The molecular weight excluding hydrogens is 360 g/mol. The van der Waals surface area contributed by atoms with Gasteiger partial charge in [0.1, 0.15) is 0 Å². The van der Waals surface area contributed by atoms with Gasteiger partial charge in [0.15, 0.2) is 0 Å². The molecule has 0 heterocycles. The van der Waals surface area contributed by atoms with Crippen molar-refractivity contribution in [3.05, 3.63) is 54.1 Å². The number of anilines is 1. The highest BCUT2D eigenvalue weighted by atomic mass is 32.2. The van der Waals surface area contributed by atoms with Gasteiger partial charge in [0.05, 0.1) is 9.79 Å². The highest BCUT2D eigenvalue weighted by molar-refractivity contribution is 7.92. The Morgan fingerprint density at radius 3 is 1.92 bits per heavy atom. The summed E-state index contributed by atoms with van der Waals surface area (Å²) in [6, 6.07) is 12.0. The van der Waals surface area contributed by atoms with Gasteiger partial charge in [0.25, 0.3) is 10.0 Å². The maximum absolute atomic E-state index is 12.4. The molecule has 6 nitrogen and oxygen atoms in total. The van der Waals surface area contributed by atoms with Crippen molar-refractivity contribution in [1.29, 1.82) is 0 Å². The van der Waals surface area contributed by atoms with Gasteiger partial charge in [-0.05, 0) is 54.8 Å². The average molecular weight is 383 g/mol. The fourth-order valence-electron chi connectivity index (χ4n) is 2.34. The predicted molar refractivity (Wildman–Crippen MR) is 98.3 cm³/mol. The molecule has 0 bridgehead atoms. The molecule has 0 aliphatic heterocycles. The van der Waals surface area contributed by atoms with Crippen molar-refractivity contribution in [1.82, 2.24) is 0 Å². The smallest absolute Gasteiger partial charge is 0.261 e. The molecule has 0 spiro atoms. The maximum atomic E-state index is 12.4. The number of aryl methyl sites for hydroxylation is 1. The van der Waals surface area contributed by atoms with E-state index >= 15 is 0 Å². The largest absolute Gasteiger partial charge is 0.280 e. The van der Waals surface area contributed by atoms with Crippen molar-refractivity contribution in [3.8, 4) is 0 Å². The highest BCUT2D eigenvalue weighted by Crippen LogP contribution is 2.19. The van der Waals surface area contributed by atoms with Crippen LogP contribution in [0.5, 0.6) is 0 Å². The first-order valence-corrected chi connectivity index (χ1v) is 11.0. The fourth-order valence-corrected chi connectivity index (χ4v) is 3.92. The van der Waals surface area contributed by atoms with Crippen molar-refractivity contribution in [2.75, 3.05) is 4.72 Å². The van der Waals surface area contributed by atoms with Crippen molar-refractivity contribution >= 4 is 25.7 Å². The topological polar surface area (TPSA) is 106 Å². The van der Waals surface area contributed by atoms with E-state index in [1.165, 1.54) is 30.7 Å². The zero-order chi connectivity index (χ0) is 18.5. The lowest BCUT2D eigenvalue weighted by Gasteiger charge is -2.09. The minimum atomic E-state index is -3.85. The summed E-state index contributed by atoms with van der Waals surface area (Å²) in [6.45, 7) is 2.15. The van der Waals surface area contributed by atoms with Crippen LogP contribution >= 0.6 is 0 Å². The molecule has 0 aromatic heterocycles. The van der Waals surface area contributed by atoms with Crippen LogP contribution in [0.3, 0.4) is 0 Å². The van der Waals surface area contributed by atoms with Gasteiger partial charge in [0.2, 0.25) is 10.0 Å². The molecule has 8 heteroatoms. The molecule has 0 atom stereocenters. The summed E-state index contributed by atoms with van der Waals surface area (Å²) in [5.41, 5.74) is 1.61. The molecule has 0 fully saturated rings. The quantitative estimate of drug-likeness (QED) is 0.685. The van der Waals surface area contributed by atoms with E-state index in [0.717, 1.165) is 24.8 Å². The van der Waals surface area contributed by atoms with Gasteiger partial charge in [-0.3, -0.25) is 4.72 Å². The van der Waals surface area contributed by atoms with Gasteiger partial charge in [-0.15, -0.1) is 0 Å². The second-order valence-electron chi connectivity index (χ2n) is 5.78. The standard InChI is InChI=1S/C17H22N2O4S2/c1-2-3-4-5-14-6-8-15(9-7-14)19-25(22,23)17-12-10-16(11-13-17)24(18,20)21/h6-13,19H,2-5H2,1H3,(H2,18,20,21). The summed E-state index contributed by atoms with van der Waals surface area (Å²) < 4.78 is 49.7. The van der Waals surface area contributed by atoms with E-state index in [1.54, 1.807) is 12.1 Å². The lowest BCUT2D eigenvalue weighted by molar-refractivity contribution is 0.595. The first kappa shape index (κ1) is 19.4. The van der Waals surface area contributed by atoms with Crippen LogP contribution in [0.1, 0.15) is 31.7 Å². The molecule has 3 N–H and O–H groups in total. The molecule has 0 saturated carbocycles. The molecule has 0 amide bonds. The maximum Gasteiger partial charge on any atom is 0.261 e. The molecule has 2 aromatic carbocycles. The van der Waals surface area contributed by atoms with E-state index in [0.29, 0.717) is 5.69 Å². The van der Waals surface area contributed by atoms with Crippen LogP contribution in [0.2, 0.25) is 0 Å². The predicted octanol–water partition coefficient (Wildman–Crippen LogP) is 2.87. The Labute approximate surface area is 149 Å². The number of sulfonamides is 2. The van der Waals surface area contributed by atoms with E-state index in [1.807, 2.05) is 12.1 Å². The normalized spacial score (nSPS) is 12.1. The molecular formula is C17H22N2O4S2. The third-order valence-corrected chi connectivity index (χ3v) is 6.06. The number of nitrogens with one attached hydrogen (secondary N) is 1. The molecule has 0 radical (unpaired) electrons. The fraction of sp³-hybridized carbons (Fsp3) is 0.294. The van der Waals surface area contributed by atoms with E-state index in [4.69, 9.17) is 5.14 Å². The van der Waals surface area contributed by atoms with Crippen molar-refractivity contribution in [2.24, 2.45) is 5.14 Å². The van der Waals surface area contributed by atoms with Gasteiger partial charge in [-0.1, -0.05) is 31.9 Å². The minimum Gasteiger partial charge on any atom is -0.280 e. The van der Waals surface area contributed by atoms with Crippen LogP contribution in [0.15, 0.2) is 58.3 Å². The Morgan fingerprint density at radius 2 is 1.40 bits per heavy atom. The number of benzene rings is 2. The molecule has 0 aliphatic rings. The van der Waals surface area contributed by atoms with E-state index in [2.05, 4.69) is 11.6 Å². The Hall–Kier alpha value is -1.90. The van der Waals surface area contributed by atoms with Crippen molar-refractivity contribution < 1.29 is 16.8 Å². The van der Waals surface area contributed by atoms with Crippen molar-refractivity contribution in [3.63, 3.8) is 0 Å². The zero-order valence-corrected chi connectivity index (χ0v) is 15.6. The second-order valence-corrected chi connectivity index (χ2v) is 9.02. The monoisotopic (exact) mass is 382 g/mol. The van der Waals surface area contributed by atoms with Crippen molar-refractivity contribution in [2.45, 2.75) is 42.4 Å². The van der Waals surface area contributed by atoms with Gasteiger partial charge >= 0.3 is 0 Å². The number of nitrogens with two attached hydrogens (primary N) is 1. The third-order valence-electron chi connectivity index (χ3n) is 3.74. The van der Waals surface area contributed by atoms with Gasteiger partial charge in [-0.25, -0.2) is 22.0 Å². The first-order valence-electron chi connectivity index (χ1n) is 7.97. The Balaban J connectivity index is 2.10. The number of unbranched alkanes of at least 4 members (excludes halogenated alkanes) is 2. The van der Waals surface area contributed by atoms with Crippen LogP contribution in [-0.4, -0.2) is 16.8 Å². The Kier molecular flexibility index (Phi) is 6.21. The molecule has 0 aliphatic carbocycles. The van der Waals surface area contributed by atoms with Gasteiger partial charge < -0.3 is 0 Å². The van der Waals surface area contributed by atoms with E-state index < -0.39 is 20.0 Å². The molecule has 0 unspecified atom stereocenters. The lowest BCUT2D eigenvalue weighted by Crippen LogP contribution is -2.15. The summed E-state index contributed by atoms with van der Waals surface area (Å²) >= 11 is 0. The van der Waals surface area contributed by atoms with E-state index in [9.17, 15) is 16.8 Å². The van der Waals surface area contributed by atoms with Gasteiger partial charge in [0, 0.05) is 5.69 Å².